The van der Waals surface area contributed by atoms with Crippen molar-refractivity contribution in [3.63, 3.8) is 0 Å². The van der Waals surface area contributed by atoms with Crippen molar-refractivity contribution >= 4 is 0 Å². The van der Waals surface area contributed by atoms with E-state index < -0.39 is 6.29 Å². The van der Waals surface area contributed by atoms with Gasteiger partial charge in [-0.25, -0.2) is 0 Å². The lowest BCUT2D eigenvalue weighted by molar-refractivity contribution is -0.105. The van der Waals surface area contributed by atoms with E-state index in [1.807, 2.05) is 13.8 Å². The minimum absolute atomic E-state index is 0.537. The molecule has 0 aliphatic rings. The molecule has 48 valence electrons. The van der Waals surface area contributed by atoms with Crippen LogP contribution in [-0.4, -0.2) is 19.5 Å². The van der Waals surface area contributed by atoms with Crippen LogP contribution in [0.15, 0.2) is 0 Å². The third-order valence-corrected chi connectivity index (χ3v) is 0.662. The Hall–Kier alpha value is -0.0800. The first-order valence-corrected chi connectivity index (χ1v) is 2.80. The van der Waals surface area contributed by atoms with Crippen LogP contribution in [0.1, 0.15) is 13.8 Å². The first-order valence-electron chi connectivity index (χ1n) is 2.80. The Labute approximate surface area is 50.8 Å². The molecule has 0 aliphatic heterocycles. The van der Waals surface area contributed by atoms with E-state index in [-0.39, 0.29) is 0 Å². The van der Waals surface area contributed by atoms with E-state index in [1.54, 1.807) is 0 Å². The predicted molar refractivity (Wildman–Crippen MR) is 31.3 cm³/mol. The van der Waals surface area contributed by atoms with Gasteiger partial charge in [-0.2, -0.15) is 0 Å². The Morgan fingerprint density at radius 2 is 1.62 bits per heavy atom. The molecule has 0 aromatic rings. The van der Waals surface area contributed by atoms with Crippen molar-refractivity contribution < 1.29 is 9.47 Å². The summed E-state index contributed by atoms with van der Waals surface area (Å²) < 4.78 is 9.68. The van der Waals surface area contributed by atoms with Crippen LogP contribution in [0.4, 0.5) is 0 Å². The van der Waals surface area contributed by atoms with Gasteiger partial charge >= 0.3 is 0 Å². The molecule has 0 fully saturated rings. The maximum atomic E-state index is 5.25. The van der Waals surface area contributed by atoms with Crippen LogP contribution in [0, 0.1) is 6.92 Å². The van der Waals surface area contributed by atoms with Gasteiger partial charge in [0.15, 0.2) is 6.29 Å². The van der Waals surface area contributed by atoms with Gasteiger partial charge in [0.05, 0.1) is 0 Å². The van der Waals surface area contributed by atoms with Crippen LogP contribution in [-0.2, 0) is 9.47 Å². The van der Waals surface area contributed by atoms with Gasteiger partial charge < -0.3 is 9.47 Å². The molecule has 0 spiro atoms. The molecule has 0 heterocycles. The zero-order chi connectivity index (χ0) is 6.41. The SMILES string of the molecule is [CH]C(OCC)OCC. The summed E-state index contributed by atoms with van der Waals surface area (Å²) in [4.78, 5) is 0. The van der Waals surface area contributed by atoms with Crippen molar-refractivity contribution in [2.24, 2.45) is 0 Å². The van der Waals surface area contributed by atoms with Gasteiger partial charge in [0.2, 0.25) is 0 Å². The molecule has 0 aromatic carbocycles. The van der Waals surface area contributed by atoms with Gasteiger partial charge in [0.25, 0.3) is 0 Å². The number of hydrogen-bond donors (Lipinski definition) is 0. The average molecular weight is 116 g/mol. The lowest BCUT2D eigenvalue weighted by Gasteiger charge is -2.09. The highest BCUT2D eigenvalue weighted by molar-refractivity contribution is 4.41. The maximum absolute atomic E-state index is 5.25. The van der Waals surface area contributed by atoms with E-state index in [9.17, 15) is 0 Å². The summed E-state index contributed by atoms with van der Waals surface area (Å²) in [7, 11) is 0. The van der Waals surface area contributed by atoms with Gasteiger partial charge in [-0.3, -0.25) is 0 Å². The van der Waals surface area contributed by atoms with Gasteiger partial charge in [-0.1, -0.05) is 0 Å². The highest BCUT2D eigenvalue weighted by Crippen LogP contribution is 1.89. The molecule has 0 N–H and O–H groups in total. The summed E-state index contributed by atoms with van der Waals surface area (Å²) in [5.41, 5.74) is 0. The lowest BCUT2D eigenvalue weighted by Crippen LogP contribution is -2.12. The van der Waals surface area contributed by atoms with E-state index in [1.165, 1.54) is 0 Å². The minimum atomic E-state index is -0.537. The van der Waals surface area contributed by atoms with Crippen LogP contribution >= 0.6 is 0 Å². The minimum Gasteiger partial charge on any atom is -0.353 e. The lowest BCUT2D eigenvalue weighted by atomic mass is 10.7. The van der Waals surface area contributed by atoms with E-state index >= 15 is 0 Å². The standard InChI is InChI=1S/C6H12O2/c1-4-7-6(3)8-5-2/h3,6H,4-5H2,1-2H3. The molecular formula is C6H12O2. The molecule has 2 nitrogen and oxygen atoms in total. The summed E-state index contributed by atoms with van der Waals surface area (Å²) in [6, 6.07) is 0. The van der Waals surface area contributed by atoms with E-state index in [2.05, 4.69) is 0 Å². The monoisotopic (exact) mass is 116 g/mol. The molecule has 0 aromatic heterocycles. The molecule has 2 radical (unpaired) electrons. The smallest absolute Gasteiger partial charge is 0.161 e. The largest absolute Gasteiger partial charge is 0.353 e. The predicted octanol–water partition coefficient (Wildman–Crippen LogP) is 1.10. The highest BCUT2D eigenvalue weighted by atomic mass is 16.7. The first-order chi connectivity index (χ1) is 3.81. The van der Waals surface area contributed by atoms with Crippen molar-refractivity contribution in [1.82, 2.24) is 0 Å². The van der Waals surface area contributed by atoms with Crippen molar-refractivity contribution in [1.29, 1.82) is 0 Å². The zero-order valence-electron chi connectivity index (χ0n) is 5.39. The fourth-order valence-electron chi connectivity index (χ4n) is 0.377. The molecule has 0 amide bonds. The third kappa shape index (κ3) is 4.09. The fourth-order valence-corrected chi connectivity index (χ4v) is 0.377. The Balaban J connectivity index is 2.92. The number of rotatable bonds is 4. The Morgan fingerprint density at radius 3 is 1.88 bits per heavy atom. The summed E-state index contributed by atoms with van der Waals surface area (Å²) in [5, 5.41) is 0. The number of ether oxygens (including phenoxy) is 2. The molecule has 0 unspecified atom stereocenters. The Morgan fingerprint density at radius 1 is 1.25 bits per heavy atom. The van der Waals surface area contributed by atoms with Crippen molar-refractivity contribution in [3.05, 3.63) is 6.92 Å². The van der Waals surface area contributed by atoms with Crippen molar-refractivity contribution in [3.8, 4) is 0 Å². The quantitative estimate of drug-likeness (QED) is 0.512. The Kier molecular flexibility index (Phi) is 5.01. The van der Waals surface area contributed by atoms with E-state index in [0.29, 0.717) is 13.2 Å². The van der Waals surface area contributed by atoms with Crippen LogP contribution < -0.4 is 0 Å². The molecule has 0 saturated carbocycles. The second-order valence-electron chi connectivity index (χ2n) is 1.28. The normalized spacial score (nSPS) is 10.5. The topological polar surface area (TPSA) is 18.5 Å². The van der Waals surface area contributed by atoms with Gasteiger partial charge in [0.1, 0.15) is 0 Å². The molecule has 0 aliphatic carbocycles. The van der Waals surface area contributed by atoms with Crippen LogP contribution in [0.2, 0.25) is 0 Å². The number of hydrogen-bond acceptors (Lipinski definition) is 2. The van der Waals surface area contributed by atoms with E-state index in [0.717, 1.165) is 0 Å². The second-order valence-corrected chi connectivity index (χ2v) is 1.28. The van der Waals surface area contributed by atoms with Crippen LogP contribution in [0.3, 0.4) is 0 Å². The van der Waals surface area contributed by atoms with Crippen molar-refractivity contribution in [2.45, 2.75) is 20.1 Å². The average Bonchev–Trinajstić information content (AvgIpc) is 1.68. The summed E-state index contributed by atoms with van der Waals surface area (Å²) in [5.74, 6) is 0. The molecule has 2 heteroatoms. The fraction of sp³-hybridized carbons (Fsp3) is 0.833. The molecule has 8 heavy (non-hydrogen) atoms. The first kappa shape index (κ1) is 7.92. The van der Waals surface area contributed by atoms with Crippen LogP contribution in [0.5, 0.6) is 0 Å². The third-order valence-electron chi connectivity index (χ3n) is 0.662. The molecule has 0 saturated heterocycles. The van der Waals surface area contributed by atoms with Gasteiger partial charge in [-0.15, -0.1) is 0 Å². The summed E-state index contributed by atoms with van der Waals surface area (Å²) in [6.45, 7) is 10.2. The van der Waals surface area contributed by atoms with Crippen LogP contribution in [0.25, 0.3) is 0 Å². The summed E-state index contributed by atoms with van der Waals surface area (Å²) >= 11 is 0. The second kappa shape index (κ2) is 5.06. The molecule has 0 atom stereocenters. The Bertz CT molecular complexity index is 39.8. The maximum Gasteiger partial charge on any atom is 0.161 e. The molecule has 0 rings (SSSR count). The molecule has 0 bridgehead atoms. The van der Waals surface area contributed by atoms with Crippen molar-refractivity contribution in [2.75, 3.05) is 13.2 Å². The van der Waals surface area contributed by atoms with Gasteiger partial charge in [-0.05, 0) is 13.8 Å². The zero-order valence-corrected chi connectivity index (χ0v) is 5.39. The van der Waals surface area contributed by atoms with E-state index in [4.69, 9.17) is 16.4 Å². The highest BCUT2D eigenvalue weighted by Gasteiger charge is 1.95. The molecular weight excluding hydrogens is 104 g/mol. The summed E-state index contributed by atoms with van der Waals surface area (Å²) in [6.07, 6.45) is -0.537. The van der Waals surface area contributed by atoms with Gasteiger partial charge in [0, 0.05) is 20.1 Å².